The summed E-state index contributed by atoms with van der Waals surface area (Å²) in [5.41, 5.74) is 1.46. The first-order valence-corrected chi connectivity index (χ1v) is 10.6. The van der Waals surface area contributed by atoms with Gasteiger partial charge in [0.05, 0.1) is 40.2 Å². The van der Waals surface area contributed by atoms with Gasteiger partial charge in [0.25, 0.3) is 0 Å². The van der Waals surface area contributed by atoms with Crippen LogP contribution in [0.1, 0.15) is 36.7 Å². The van der Waals surface area contributed by atoms with Crippen LogP contribution < -0.4 is 10.6 Å². The summed E-state index contributed by atoms with van der Waals surface area (Å²) in [6.45, 7) is 5.69. The van der Waals surface area contributed by atoms with Gasteiger partial charge >= 0.3 is 5.97 Å². The molecule has 0 saturated heterocycles. The highest BCUT2D eigenvalue weighted by atomic mass is 35.5. The molecular weight excluding hydrogens is 459 g/mol. The van der Waals surface area contributed by atoms with Gasteiger partial charge in [0.15, 0.2) is 0 Å². The molecule has 172 valence electrons. The normalized spacial score (nSPS) is 11.5. The summed E-state index contributed by atoms with van der Waals surface area (Å²) in [4.78, 5) is 47.0. The van der Waals surface area contributed by atoms with Crippen LogP contribution >= 0.6 is 23.2 Å². The molecule has 8 nitrogen and oxygen atoms in total. The number of carbonyl (C=O) groups is 3. The Morgan fingerprint density at radius 3 is 2.06 bits per heavy atom. The number of amides is 2. The highest BCUT2D eigenvalue weighted by molar-refractivity contribution is 6.34. The van der Waals surface area contributed by atoms with Crippen LogP contribution in [0, 0.1) is 5.92 Å². The summed E-state index contributed by atoms with van der Waals surface area (Å²) in [6, 6.07) is 9.30. The molecule has 32 heavy (non-hydrogen) atoms. The Morgan fingerprint density at radius 2 is 1.47 bits per heavy atom. The number of ether oxygens (including phenoxy) is 1. The molecule has 2 rings (SSSR count). The number of carbonyl (C=O) groups excluding carboxylic acids is 3. The van der Waals surface area contributed by atoms with Crippen molar-refractivity contribution in [3.8, 4) is 0 Å². The Balaban J connectivity index is 2.07. The number of anilines is 2. The molecule has 2 aromatic rings. The molecule has 0 saturated carbocycles. The topological polar surface area (TPSA) is 103 Å². The Labute approximate surface area is 196 Å². The van der Waals surface area contributed by atoms with Gasteiger partial charge in [0, 0.05) is 0 Å². The second-order valence-electron chi connectivity index (χ2n) is 6.60. The van der Waals surface area contributed by atoms with Gasteiger partial charge < -0.3 is 15.4 Å². The van der Waals surface area contributed by atoms with Crippen molar-refractivity contribution < 1.29 is 28.9 Å². The van der Waals surface area contributed by atoms with Gasteiger partial charge in [-0.2, -0.15) is 0 Å². The lowest BCUT2D eigenvalue weighted by Crippen LogP contribution is -2.32. The van der Waals surface area contributed by atoms with Gasteiger partial charge in [-0.05, 0) is 56.7 Å². The van der Waals surface area contributed by atoms with Crippen LogP contribution in [-0.4, -0.2) is 31.0 Å². The van der Waals surface area contributed by atoms with Crippen molar-refractivity contribution in [2.75, 3.05) is 23.8 Å². The lowest BCUT2D eigenvalue weighted by atomic mass is 10.1. The molecule has 0 radical (unpaired) electrons. The minimum atomic E-state index is -1.09. The molecule has 0 aliphatic rings. The number of rotatable bonds is 10. The Morgan fingerprint density at radius 1 is 0.875 bits per heavy atom. The molecule has 2 N–H and O–H groups in total. The van der Waals surface area contributed by atoms with E-state index in [-0.39, 0.29) is 29.5 Å². The summed E-state index contributed by atoms with van der Waals surface area (Å²) in [5, 5.41) is 5.71. The average Bonchev–Trinajstić information content (AvgIpc) is 2.77. The zero-order valence-electron chi connectivity index (χ0n) is 17.9. The van der Waals surface area contributed by atoms with E-state index in [9.17, 15) is 14.4 Å². The molecule has 2 amide bonds. The summed E-state index contributed by atoms with van der Waals surface area (Å²) in [7, 11) is 0. The van der Waals surface area contributed by atoms with Crippen molar-refractivity contribution >= 4 is 52.4 Å². The Hall–Kier alpha value is -2.65. The fraction of sp³-hybridized carbons (Fsp3) is 0.318. The van der Waals surface area contributed by atoms with Gasteiger partial charge in [-0.25, -0.2) is 14.6 Å². The molecule has 0 aliphatic carbocycles. The van der Waals surface area contributed by atoms with E-state index in [1.807, 2.05) is 0 Å². The third-order valence-corrected chi connectivity index (χ3v) is 4.90. The summed E-state index contributed by atoms with van der Waals surface area (Å²) in [6.07, 6.45) is 0. The second-order valence-corrected chi connectivity index (χ2v) is 7.41. The van der Waals surface area contributed by atoms with E-state index in [0.29, 0.717) is 17.3 Å². The zero-order valence-corrected chi connectivity index (χ0v) is 19.4. The summed E-state index contributed by atoms with van der Waals surface area (Å²) in [5.74, 6) is -2.83. The predicted molar refractivity (Wildman–Crippen MR) is 122 cm³/mol. The minimum absolute atomic E-state index is 0.166. The fourth-order valence-corrected chi connectivity index (χ4v) is 2.84. The van der Waals surface area contributed by atoms with Crippen LogP contribution in [0.25, 0.3) is 0 Å². The van der Waals surface area contributed by atoms with Gasteiger partial charge in [-0.1, -0.05) is 29.3 Å². The molecule has 0 aromatic heterocycles. The predicted octanol–water partition coefficient (Wildman–Crippen LogP) is 4.85. The van der Waals surface area contributed by atoms with Crippen molar-refractivity contribution in [3.63, 3.8) is 0 Å². The molecule has 1 atom stereocenters. The molecular formula is C22H24Cl2N2O6. The number of hydrogen-bond donors (Lipinski definition) is 2. The molecule has 10 heteroatoms. The number of benzene rings is 2. The number of halogens is 2. The first kappa shape index (κ1) is 25.6. The standard InChI is InChI=1S/C22H24Cl2N2O6/c1-4-30-22(29)15-7-9-17(24)19(11-15)26-21(28)13(3)20(27)25-18-10-14(6-8-16(18)23)12-32-31-5-2/h6-11,13H,4-5,12H2,1-3H3,(H,25,27)(H,26,28). The van der Waals surface area contributed by atoms with Gasteiger partial charge in [-0.15, -0.1) is 0 Å². The van der Waals surface area contributed by atoms with Crippen molar-refractivity contribution in [1.29, 1.82) is 0 Å². The van der Waals surface area contributed by atoms with Gasteiger partial charge in [-0.3, -0.25) is 9.59 Å². The molecule has 0 spiro atoms. The van der Waals surface area contributed by atoms with E-state index in [2.05, 4.69) is 10.6 Å². The van der Waals surface area contributed by atoms with Crippen molar-refractivity contribution in [2.45, 2.75) is 27.4 Å². The van der Waals surface area contributed by atoms with Crippen LogP contribution in [-0.2, 0) is 30.7 Å². The maximum absolute atomic E-state index is 12.6. The Bertz CT molecular complexity index is 983. The van der Waals surface area contributed by atoms with E-state index in [4.69, 9.17) is 37.7 Å². The smallest absolute Gasteiger partial charge is 0.338 e. The second kappa shape index (κ2) is 12.4. The van der Waals surface area contributed by atoms with Crippen LogP contribution in [0.3, 0.4) is 0 Å². The molecule has 0 heterocycles. The quantitative estimate of drug-likeness (QED) is 0.165. The third kappa shape index (κ3) is 7.20. The first-order chi connectivity index (χ1) is 15.3. The van der Waals surface area contributed by atoms with E-state index in [0.717, 1.165) is 5.56 Å². The molecule has 1 unspecified atom stereocenters. The van der Waals surface area contributed by atoms with Crippen LogP contribution in [0.2, 0.25) is 10.0 Å². The van der Waals surface area contributed by atoms with E-state index < -0.39 is 23.7 Å². The Kier molecular flexibility index (Phi) is 9.93. The number of nitrogens with one attached hydrogen (secondary N) is 2. The minimum Gasteiger partial charge on any atom is -0.462 e. The lowest BCUT2D eigenvalue weighted by Gasteiger charge is -2.15. The molecule has 0 aliphatic heterocycles. The SMILES string of the molecule is CCOOCc1ccc(Cl)c(NC(=O)C(C)C(=O)Nc2cc(C(=O)OCC)ccc2Cl)c1. The largest absolute Gasteiger partial charge is 0.462 e. The monoisotopic (exact) mass is 482 g/mol. The maximum Gasteiger partial charge on any atom is 0.338 e. The third-order valence-electron chi connectivity index (χ3n) is 4.24. The van der Waals surface area contributed by atoms with E-state index in [1.54, 1.807) is 32.0 Å². The summed E-state index contributed by atoms with van der Waals surface area (Å²) >= 11 is 12.3. The fourth-order valence-electron chi connectivity index (χ4n) is 2.51. The maximum atomic E-state index is 12.6. The molecule has 2 aromatic carbocycles. The average molecular weight is 483 g/mol. The molecule has 0 bridgehead atoms. The van der Waals surface area contributed by atoms with Crippen LogP contribution in [0.4, 0.5) is 11.4 Å². The van der Waals surface area contributed by atoms with Crippen molar-refractivity contribution in [3.05, 3.63) is 57.6 Å². The molecule has 0 fully saturated rings. The zero-order chi connectivity index (χ0) is 23.7. The van der Waals surface area contributed by atoms with E-state index >= 15 is 0 Å². The lowest BCUT2D eigenvalue weighted by molar-refractivity contribution is -0.300. The number of hydrogen-bond acceptors (Lipinski definition) is 6. The van der Waals surface area contributed by atoms with Crippen molar-refractivity contribution in [2.24, 2.45) is 5.92 Å². The van der Waals surface area contributed by atoms with E-state index in [1.165, 1.54) is 25.1 Å². The first-order valence-electron chi connectivity index (χ1n) is 9.88. The highest BCUT2D eigenvalue weighted by Crippen LogP contribution is 2.26. The van der Waals surface area contributed by atoms with Gasteiger partial charge in [0.1, 0.15) is 12.5 Å². The van der Waals surface area contributed by atoms with Crippen LogP contribution in [0.15, 0.2) is 36.4 Å². The number of esters is 1. The summed E-state index contributed by atoms with van der Waals surface area (Å²) < 4.78 is 4.94. The highest BCUT2D eigenvalue weighted by Gasteiger charge is 2.23. The van der Waals surface area contributed by atoms with Crippen molar-refractivity contribution in [1.82, 2.24) is 0 Å². The van der Waals surface area contributed by atoms with Crippen LogP contribution in [0.5, 0.6) is 0 Å². The van der Waals surface area contributed by atoms with Gasteiger partial charge in [0.2, 0.25) is 11.8 Å².